The predicted octanol–water partition coefficient (Wildman–Crippen LogP) is 1.27. The largest absolute Gasteiger partial charge is 0.388 e. The fourth-order valence-corrected chi connectivity index (χ4v) is 1.87. The second kappa shape index (κ2) is 3.32. The molecule has 2 heteroatoms. The highest BCUT2D eigenvalue weighted by Crippen LogP contribution is 2.32. The molecular weight excluding hydrogens is 144 g/mol. The molecule has 0 saturated carbocycles. The van der Waals surface area contributed by atoms with Crippen LogP contribution in [0.25, 0.3) is 0 Å². The van der Waals surface area contributed by atoms with Crippen LogP contribution in [0, 0.1) is 11.8 Å². The van der Waals surface area contributed by atoms with E-state index in [-0.39, 0.29) is 5.60 Å². The summed E-state index contributed by atoms with van der Waals surface area (Å²) in [7, 11) is 0. The molecule has 0 spiro atoms. The summed E-state index contributed by atoms with van der Waals surface area (Å²) >= 11 is 1.80. The highest BCUT2D eigenvalue weighted by atomic mass is 32.2. The first-order chi connectivity index (χ1) is 4.77. The van der Waals surface area contributed by atoms with E-state index in [1.807, 2.05) is 6.92 Å². The van der Waals surface area contributed by atoms with E-state index in [0.717, 1.165) is 24.3 Å². The molecular formula is C8H12OS. The van der Waals surface area contributed by atoms with Crippen LogP contribution in [0.2, 0.25) is 0 Å². The lowest BCUT2D eigenvalue weighted by Gasteiger charge is -2.35. The molecule has 0 unspecified atom stereocenters. The van der Waals surface area contributed by atoms with Gasteiger partial charge in [-0.15, -0.1) is 11.8 Å². The lowest BCUT2D eigenvalue weighted by molar-refractivity contribution is 0.0711. The third kappa shape index (κ3) is 1.93. The van der Waals surface area contributed by atoms with Gasteiger partial charge in [-0.25, -0.2) is 0 Å². The molecule has 1 rings (SSSR count). The third-order valence-electron chi connectivity index (χ3n) is 1.63. The smallest absolute Gasteiger partial charge is 0.0836 e. The van der Waals surface area contributed by atoms with Crippen molar-refractivity contribution in [1.82, 2.24) is 0 Å². The summed E-state index contributed by atoms with van der Waals surface area (Å²) in [5.41, 5.74) is -0.367. The summed E-state index contributed by atoms with van der Waals surface area (Å²) < 4.78 is 0. The fraction of sp³-hybridized carbons (Fsp3) is 0.750. The minimum absolute atomic E-state index is 0.367. The zero-order valence-electron chi connectivity index (χ0n) is 6.18. The molecule has 1 heterocycles. The summed E-state index contributed by atoms with van der Waals surface area (Å²) in [5, 5.41) is 9.55. The maximum Gasteiger partial charge on any atom is 0.0836 e. The van der Waals surface area contributed by atoms with E-state index >= 15 is 0 Å². The first-order valence-corrected chi connectivity index (χ1v) is 4.62. The molecule has 56 valence electrons. The van der Waals surface area contributed by atoms with Crippen LogP contribution in [0.3, 0.4) is 0 Å². The maximum absolute atomic E-state index is 9.55. The van der Waals surface area contributed by atoms with E-state index in [1.54, 1.807) is 11.8 Å². The molecule has 0 aromatic carbocycles. The summed E-state index contributed by atoms with van der Waals surface area (Å²) in [6.07, 6.45) is 1.69. The van der Waals surface area contributed by atoms with Crippen LogP contribution in [-0.4, -0.2) is 22.2 Å². The molecule has 10 heavy (non-hydrogen) atoms. The molecule has 1 N–H and O–H groups in total. The second-order valence-electron chi connectivity index (χ2n) is 2.64. The zero-order valence-corrected chi connectivity index (χ0v) is 7.00. The second-order valence-corrected chi connectivity index (χ2v) is 3.63. The predicted molar refractivity (Wildman–Crippen MR) is 45.0 cm³/mol. The summed E-state index contributed by atoms with van der Waals surface area (Å²) in [5.74, 6) is 7.58. The van der Waals surface area contributed by atoms with Gasteiger partial charge in [0.05, 0.1) is 5.60 Å². The first-order valence-electron chi connectivity index (χ1n) is 3.47. The van der Waals surface area contributed by atoms with Gasteiger partial charge in [-0.05, 0) is 13.3 Å². The van der Waals surface area contributed by atoms with Crippen LogP contribution in [-0.2, 0) is 0 Å². The van der Waals surface area contributed by atoms with E-state index in [0.29, 0.717) is 0 Å². The van der Waals surface area contributed by atoms with Gasteiger partial charge in [0.1, 0.15) is 0 Å². The van der Waals surface area contributed by atoms with Crippen molar-refractivity contribution in [3.8, 4) is 11.8 Å². The van der Waals surface area contributed by atoms with Crippen molar-refractivity contribution in [3.63, 3.8) is 0 Å². The van der Waals surface area contributed by atoms with Crippen molar-refractivity contribution in [2.45, 2.75) is 25.4 Å². The van der Waals surface area contributed by atoms with Gasteiger partial charge < -0.3 is 5.11 Å². The van der Waals surface area contributed by atoms with Crippen molar-refractivity contribution in [1.29, 1.82) is 0 Å². The van der Waals surface area contributed by atoms with Crippen molar-refractivity contribution in [2.24, 2.45) is 0 Å². The minimum atomic E-state index is -0.367. The van der Waals surface area contributed by atoms with Gasteiger partial charge in [0.15, 0.2) is 0 Å². The third-order valence-corrected chi connectivity index (χ3v) is 3.12. The zero-order chi connectivity index (χ0) is 7.45. The lowest BCUT2D eigenvalue weighted by Crippen LogP contribution is -2.42. The quantitative estimate of drug-likeness (QED) is 0.607. The van der Waals surface area contributed by atoms with Gasteiger partial charge in [0, 0.05) is 17.9 Å². The summed E-state index contributed by atoms with van der Waals surface area (Å²) in [6, 6.07) is 0. The molecule has 1 aliphatic rings. The highest BCUT2D eigenvalue weighted by Gasteiger charge is 2.34. The van der Waals surface area contributed by atoms with Crippen LogP contribution in [0.5, 0.6) is 0 Å². The molecule has 0 bridgehead atoms. The monoisotopic (exact) mass is 156 g/mol. The van der Waals surface area contributed by atoms with Crippen LogP contribution < -0.4 is 0 Å². The Morgan fingerprint density at radius 3 is 2.70 bits per heavy atom. The molecule has 0 atom stereocenters. The standard InChI is InChI=1S/C8H12OS/c1-2-3-4-5-8(9)6-10-7-8/h9H,4-7H2,1H3. The van der Waals surface area contributed by atoms with Gasteiger partial charge in [-0.1, -0.05) is 0 Å². The average molecular weight is 156 g/mol. The number of hydrogen-bond donors (Lipinski definition) is 1. The van der Waals surface area contributed by atoms with E-state index in [1.165, 1.54) is 0 Å². The molecule has 0 amide bonds. The molecule has 0 aliphatic carbocycles. The summed E-state index contributed by atoms with van der Waals surface area (Å²) in [6.45, 7) is 1.83. The van der Waals surface area contributed by atoms with Crippen molar-refractivity contribution < 1.29 is 5.11 Å². The Bertz CT molecular complexity index is 162. The Morgan fingerprint density at radius 1 is 1.60 bits per heavy atom. The van der Waals surface area contributed by atoms with Crippen molar-refractivity contribution in [2.75, 3.05) is 11.5 Å². The van der Waals surface area contributed by atoms with Gasteiger partial charge in [-0.3, -0.25) is 0 Å². The molecule has 0 aromatic heterocycles. The molecule has 1 nitrogen and oxygen atoms in total. The normalized spacial score (nSPS) is 20.6. The Kier molecular flexibility index (Phi) is 2.64. The van der Waals surface area contributed by atoms with Crippen molar-refractivity contribution in [3.05, 3.63) is 0 Å². The lowest BCUT2D eigenvalue weighted by atomic mass is 10.0. The Morgan fingerprint density at radius 2 is 2.30 bits per heavy atom. The van der Waals surface area contributed by atoms with Crippen molar-refractivity contribution >= 4 is 11.8 Å². The summed E-state index contributed by atoms with van der Waals surface area (Å²) in [4.78, 5) is 0. The molecule has 1 aliphatic heterocycles. The number of hydrogen-bond acceptors (Lipinski definition) is 2. The van der Waals surface area contributed by atoms with Crippen LogP contribution in [0.15, 0.2) is 0 Å². The van der Waals surface area contributed by atoms with Crippen LogP contribution in [0.4, 0.5) is 0 Å². The molecule has 1 saturated heterocycles. The van der Waals surface area contributed by atoms with E-state index in [9.17, 15) is 5.11 Å². The van der Waals surface area contributed by atoms with Gasteiger partial charge in [-0.2, -0.15) is 11.8 Å². The Balaban J connectivity index is 2.16. The van der Waals surface area contributed by atoms with Crippen LogP contribution in [0.1, 0.15) is 19.8 Å². The molecule has 0 radical (unpaired) electrons. The number of aliphatic hydroxyl groups is 1. The topological polar surface area (TPSA) is 20.2 Å². The van der Waals surface area contributed by atoms with Gasteiger partial charge in [0.2, 0.25) is 0 Å². The number of rotatable bonds is 2. The van der Waals surface area contributed by atoms with E-state index in [4.69, 9.17) is 0 Å². The Labute approximate surface area is 66.2 Å². The molecule has 1 fully saturated rings. The van der Waals surface area contributed by atoms with Crippen LogP contribution >= 0.6 is 11.8 Å². The fourth-order valence-electron chi connectivity index (χ4n) is 0.902. The molecule has 0 aromatic rings. The number of thioether (sulfide) groups is 1. The maximum atomic E-state index is 9.55. The Hall–Kier alpha value is -0.130. The first kappa shape index (κ1) is 7.97. The highest BCUT2D eigenvalue weighted by molar-refractivity contribution is 8.00. The SMILES string of the molecule is CC#CCCC1(O)CSC1. The minimum Gasteiger partial charge on any atom is -0.388 e. The average Bonchev–Trinajstić information content (AvgIpc) is 1.85. The van der Waals surface area contributed by atoms with Gasteiger partial charge in [0.25, 0.3) is 0 Å². The van der Waals surface area contributed by atoms with E-state index in [2.05, 4.69) is 11.8 Å². The van der Waals surface area contributed by atoms with Gasteiger partial charge >= 0.3 is 0 Å². The van der Waals surface area contributed by atoms with E-state index < -0.39 is 0 Å².